The monoisotopic (exact) mass is 297 g/mol. The largest absolute Gasteiger partial charge is 0.488 e. The zero-order valence-corrected chi connectivity index (χ0v) is 12.0. The topological polar surface area (TPSA) is 52.9 Å². The lowest BCUT2D eigenvalue weighted by Crippen LogP contribution is -2.62. The maximum Gasteiger partial charge on any atom is 0.126 e. The third-order valence-electron chi connectivity index (χ3n) is 4.22. The van der Waals surface area contributed by atoms with Crippen molar-refractivity contribution in [1.29, 1.82) is 0 Å². The molecule has 20 heavy (non-hydrogen) atoms. The van der Waals surface area contributed by atoms with Crippen LogP contribution < -0.4 is 4.74 Å². The highest BCUT2D eigenvalue weighted by Crippen LogP contribution is 2.30. The first-order valence-electron chi connectivity index (χ1n) is 7.16. The SMILES string of the molecule is OC1CN([C@H]2CCC[C@@H](Oc3ccc(Cl)cc3)[C@@H]2O)C1. The average Bonchev–Trinajstić information content (AvgIpc) is 2.41. The Morgan fingerprint density at radius 1 is 1.10 bits per heavy atom. The van der Waals surface area contributed by atoms with Crippen molar-refractivity contribution in [2.45, 2.75) is 43.6 Å². The van der Waals surface area contributed by atoms with Crippen molar-refractivity contribution in [3.8, 4) is 5.75 Å². The second kappa shape index (κ2) is 5.90. The van der Waals surface area contributed by atoms with Crippen molar-refractivity contribution < 1.29 is 14.9 Å². The van der Waals surface area contributed by atoms with Crippen molar-refractivity contribution in [2.24, 2.45) is 0 Å². The molecule has 1 aliphatic carbocycles. The Morgan fingerprint density at radius 2 is 1.80 bits per heavy atom. The normalized spacial score (nSPS) is 31.9. The molecular weight excluding hydrogens is 278 g/mol. The molecule has 1 aromatic carbocycles. The smallest absolute Gasteiger partial charge is 0.126 e. The summed E-state index contributed by atoms with van der Waals surface area (Å²) < 4.78 is 5.90. The van der Waals surface area contributed by atoms with Gasteiger partial charge in [0.15, 0.2) is 0 Å². The Bertz CT molecular complexity index is 447. The minimum atomic E-state index is -0.507. The minimum absolute atomic E-state index is 0.101. The molecule has 1 aliphatic heterocycles. The molecule has 110 valence electrons. The van der Waals surface area contributed by atoms with Gasteiger partial charge in [-0.05, 0) is 43.5 Å². The Balaban J connectivity index is 1.62. The Hall–Kier alpha value is -0.810. The van der Waals surface area contributed by atoms with Crippen molar-refractivity contribution in [3.63, 3.8) is 0 Å². The van der Waals surface area contributed by atoms with Crippen LogP contribution in [-0.2, 0) is 0 Å². The second-order valence-electron chi connectivity index (χ2n) is 5.71. The lowest BCUT2D eigenvalue weighted by molar-refractivity contribution is -0.103. The molecule has 1 aromatic rings. The number of benzene rings is 1. The molecule has 0 bridgehead atoms. The van der Waals surface area contributed by atoms with Crippen LogP contribution in [0.1, 0.15) is 19.3 Å². The standard InChI is InChI=1S/C15H20ClNO3/c16-10-4-6-12(7-5-10)20-14-3-1-2-13(15(14)19)17-8-11(18)9-17/h4-7,11,13-15,18-19H,1-3,8-9H2/t13-,14+,15+/m0/s1. The van der Waals surface area contributed by atoms with Crippen molar-refractivity contribution in [2.75, 3.05) is 13.1 Å². The summed E-state index contributed by atoms with van der Waals surface area (Å²) in [7, 11) is 0. The van der Waals surface area contributed by atoms with Gasteiger partial charge in [-0.25, -0.2) is 0 Å². The van der Waals surface area contributed by atoms with Crippen LogP contribution in [-0.4, -0.2) is 52.6 Å². The molecule has 4 nitrogen and oxygen atoms in total. The summed E-state index contributed by atoms with van der Waals surface area (Å²) in [5, 5.41) is 20.6. The van der Waals surface area contributed by atoms with Gasteiger partial charge in [0.05, 0.1) is 6.10 Å². The first-order valence-corrected chi connectivity index (χ1v) is 7.53. The van der Waals surface area contributed by atoms with Crippen LogP contribution >= 0.6 is 11.6 Å². The summed E-state index contributed by atoms with van der Waals surface area (Å²) in [6.45, 7) is 1.32. The fourth-order valence-electron chi connectivity index (χ4n) is 3.09. The third-order valence-corrected chi connectivity index (χ3v) is 4.48. The highest BCUT2D eigenvalue weighted by molar-refractivity contribution is 6.30. The average molecular weight is 298 g/mol. The first-order chi connectivity index (χ1) is 9.63. The van der Waals surface area contributed by atoms with E-state index >= 15 is 0 Å². The van der Waals surface area contributed by atoms with E-state index < -0.39 is 6.10 Å². The van der Waals surface area contributed by atoms with Gasteiger partial charge in [-0.15, -0.1) is 0 Å². The molecule has 1 heterocycles. The van der Waals surface area contributed by atoms with E-state index in [1.807, 2.05) is 12.1 Å². The maximum atomic E-state index is 10.5. The lowest BCUT2D eigenvalue weighted by Gasteiger charge is -2.47. The van der Waals surface area contributed by atoms with Gasteiger partial charge in [0.25, 0.3) is 0 Å². The van der Waals surface area contributed by atoms with Gasteiger partial charge in [0.1, 0.15) is 18.0 Å². The molecule has 5 heteroatoms. The Morgan fingerprint density at radius 3 is 2.45 bits per heavy atom. The molecule has 1 saturated carbocycles. The molecule has 1 saturated heterocycles. The molecule has 2 aliphatic rings. The highest BCUT2D eigenvalue weighted by atomic mass is 35.5. The predicted molar refractivity (Wildman–Crippen MR) is 77.1 cm³/mol. The van der Waals surface area contributed by atoms with Crippen molar-refractivity contribution in [3.05, 3.63) is 29.3 Å². The molecule has 0 radical (unpaired) electrons. The van der Waals surface area contributed by atoms with E-state index in [2.05, 4.69) is 4.90 Å². The number of aliphatic hydroxyl groups excluding tert-OH is 2. The quantitative estimate of drug-likeness (QED) is 0.891. The molecule has 0 aromatic heterocycles. The first kappa shape index (κ1) is 14.1. The number of hydrogen-bond acceptors (Lipinski definition) is 4. The van der Waals surface area contributed by atoms with Gasteiger partial charge in [-0.1, -0.05) is 11.6 Å². The molecule has 0 unspecified atom stereocenters. The third kappa shape index (κ3) is 2.93. The summed E-state index contributed by atoms with van der Waals surface area (Å²) in [6.07, 6.45) is 1.93. The van der Waals surface area contributed by atoms with E-state index in [0.717, 1.165) is 25.0 Å². The zero-order valence-electron chi connectivity index (χ0n) is 11.3. The lowest BCUT2D eigenvalue weighted by atomic mass is 9.87. The van der Waals surface area contributed by atoms with E-state index in [-0.39, 0.29) is 18.2 Å². The number of β-amino-alcohol motifs (C(OH)–C–C–N with tert-alkyl or cyclic N) is 1. The molecule has 3 rings (SSSR count). The minimum Gasteiger partial charge on any atom is -0.488 e. The van der Waals surface area contributed by atoms with Gasteiger partial charge >= 0.3 is 0 Å². The van der Waals surface area contributed by atoms with Crippen molar-refractivity contribution >= 4 is 11.6 Å². The van der Waals surface area contributed by atoms with E-state index in [1.54, 1.807) is 12.1 Å². The number of rotatable bonds is 3. The fraction of sp³-hybridized carbons (Fsp3) is 0.600. The van der Waals surface area contributed by atoms with E-state index in [9.17, 15) is 10.2 Å². The fourth-order valence-corrected chi connectivity index (χ4v) is 3.22. The number of likely N-dealkylation sites (tertiary alicyclic amines) is 1. The van der Waals surface area contributed by atoms with Crippen LogP contribution in [0.5, 0.6) is 5.75 Å². The van der Waals surface area contributed by atoms with Crippen molar-refractivity contribution in [1.82, 2.24) is 4.90 Å². The van der Waals surface area contributed by atoms with Crippen LogP contribution in [0.4, 0.5) is 0 Å². The summed E-state index contributed by atoms with van der Waals surface area (Å²) in [5.41, 5.74) is 0. The van der Waals surface area contributed by atoms with Crippen LogP contribution in [0.2, 0.25) is 5.02 Å². The molecule has 0 spiro atoms. The van der Waals surface area contributed by atoms with Gasteiger partial charge < -0.3 is 14.9 Å². The highest BCUT2D eigenvalue weighted by Gasteiger charge is 2.41. The molecule has 2 fully saturated rings. The summed E-state index contributed by atoms with van der Waals surface area (Å²) in [6, 6.07) is 7.33. The Labute approximate surface area is 123 Å². The van der Waals surface area contributed by atoms with Crippen LogP contribution in [0.15, 0.2) is 24.3 Å². The van der Waals surface area contributed by atoms with E-state index in [4.69, 9.17) is 16.3 Å². The number of halogens is 1. The maximum absolute atomic E-state index is 10.5. The number of aliphatic hydroxyl groups is 2. The van der Waals surface area contributed by atoms with Gasteiger partial charge in [-0.3, -0.25) is 4.90 Å². The van der Waals surface area contributed by atoms with E-state index in [0.29, 0.717) is 18.1 Å². The molecule has 0 amide bonds. The number of hydrogen-bond donors (Lipinski definition) is 2. The van der Waals surface area contributed by atoms with Crippen LogP contribution in [0.3, 0.4) is 0 Å². The van der Waals surface area contributed by atoms with Gasteiger partial charge in [0, 0.05) is 24.2 Å². The number of ether oxygens (including phenoxy) is 1. The van der Waals surface area contributed by atoms with Gasteiger partial charge in [-0.2, -0.15) is 0 Å². The number of nitrogens with zero attached hydrogens (tertiary/aromatic N) is 1. The molecular formula is C15H20ClNO3. The summed E-state index contributed by atoms with van der Waals surface area (Å²) in [5.74, 6) is 0.739. The van der Waals surface area contributed by atoms with Crippen LogP contribution in [0, 0.1) is 0 Å². The van der Waals surface area contributed by atoms with Crippen LogP contribution in [0.25, 0.3) is 0 Å². The summed E-state index contributed by atoms with van der Waals surface area (Å²) >= 11 is 5.85. The second-order valence-corrected chi connectivity index (χ2v) is 6.14. The Kier molecular flexibility index (Phi) is 4.17. The molecule has 2 N–H and O–H groups in total. The molecule has 3 atom stereocenters. The van der Waals surface area contributed by atoms with Gasteiger partial charge in [0.2, 0.25) is 0 Å². The zero-order chi connectivity index (χ0) is 14.1. The predicted octanol–water partition coefficient (Wildman–Crippen LogP) is 1.68. The van der Waals surface area contributed by atoms with E-state index in [1.165, 1.54) is 0 Å². The summed E-state index contributed by atoms with van der Waals surface area (Å²) in [4.78, 5) is 2.15.